The molecule has 5 nitrogen and oxygen atoms in total. The Bertz CT molecular complexity index is 1200. The van der Waals surface area contributed by atoms with Crippen molar-refractivity contribution in [3.63, 3.8) is 0 Å². The van der Waals surface area contributed by atoms with Crippen LogP contribution in [0.2, 0.25) is 0 Å². The Morgan fingerprint density at radius 2 is 1.93 bits per heavy atom. The molecule has 0 amide bonds. The average molecular weight is 382 g/mol. The fourth-order valence-electron chi connectivity index (χ4n) is 3.80. The summed E-state index contributed by atoms with van der Waals surface area (Å²) < 4.78 is 7.18. The molecule has 0 spiro atoms. The predicted octanol–water partition coefficient (Wildman–Crippen LogP) is 0.236. The molecule has 0 unspecified atom stereocenters. The smallest absolute Gasteiger partial charge is 0.548 e. The second-order valence-electron chi connectivity index (χ2n) is 6.63. The summed E-state index contributed by atoms with van der Waals surface area (Å²) in [5.41, 5.74) is 5.77. The Morgan fingerprint density at radius 1 is 1.14 bits per heavy atom. The Balaban J connectivity index is 0.00000225. The van der Waals surface area contributed by atoms with Gasteiger partial charge in [-0.05, 0) is 49.2 Å². The van der Waals surface area contributed by atoms with Gasteiger partial charge in [0, 0.05) is 33.7 Å². The number of hydrogen-bond donors (Lipinski definition) is 0. The van der Waals surface area contributed by atoms with Crippen LogP contribution < -0.4 is 39.4 Å². The summed E-state index contributed by atoms with van der Waals surface area (Å²) >= 11 is 0. The number of aliphatic carboxylic acids is 1. The number of carbonyl (C=O) groups excluding carboxylic acids is 1. The van der Waals surface area contributed by atoms with Gasteiger partial charge in [-0.1, -0.05) is 18.2 Å². The van der Waals surface area contributed by atoms with E-state index >= 15 is 0 Å². The van der Waals surface area contributed by atoms with E-state index in [0.29, 0.717) is 0 Å². The molecule has 2 aromatic carbocycles. The van der Waals surface area contributed by atoms with Gasteiger partial charge in [0.05, 0.1) is 25.1 Å². The number of carbonyl (C=O) groups is 1. The van der Waals surface area contributed by atoms with Crippen molar-refractivity contribution in [2.24, 2.45) is 0 Å². The van der Waals surface area contributed by atoms with E-state index in [1.165, 1.54) is 0 Å². The van der Waals surface area contributed by atoms with Crippen LogP contribution in [-0.4, -0.2) is 22.6 Å². The monoisotopic (exact) mass is 382 g/mol. The Morgan fingerprint density at radius 3 is 2.64 bits per heavy atom. The van der Waals surface area contributed by atoms with Crippen LogP contribution in [0.3, 0.4) is 0 Å². The molecule has 0 fully saturated rings. The van der Waals surface area contributed by atoms with Crippen molar-refractivity contribution in [3.05, 3.63) is 59.9 Å². The molecule has 2 heterocycles. The molecule has 28 heavy (non-hydrogen) atoms. The maximum absolute atomic E-state index is 11.3. The van der Waals surface area contributed by atoms with Gasteiger partial charge in [-0.25, -0.2) is 0 Å². The van der Waals surface area contributed by atoms with Crippen molar-refractivity contribution in [3.8, 4) is 16.9 Å². The molecular formula is C22H19N2NaO3. The van der Waals surface area contributed by atoms with Gasteiger partial charge in [0.1, 0.15) is 5.75 Å². The summed E-state index contributed by atoms with van der Waals surface area (Å²) in [6.07, 6.45) is 1.80. The first-order chi connectivity index (χ1) is 13.0. The second-order valence-corrected chi connectivity index (χ2v) is 6.63. The first-order valence-corrected chi connectivity index (χ1v) is 8.72. The van der Waals surface area contributed by atoms with Gasteiger partial charge in [0.25, 0.3) is 0 Å². The number of aryl methyl sites for hydroxylation is 1. The van der Waals surface area contributed by atoms with Crippen molar-refractivity contribution in [1.82, 2.24) is 9.55 Å². The number of fused-ring (bicyclic) bond motifs is 2. The van der Waals surface area contributed by atoms with Gasteiger partial charge in [-0.15, -0.1) is 0 Å². The van der Waals surface area contributed by atoms with Gasteiger partial charge in [-0.3, -0.25) is 4.98 Å². The SMILES string of the molecule is COc1ccc2c(c1)c(-c1ccnc3c(C)cccc13)c(C)n2CC(=O)[O-].[Na+]. The quantitative estimate of drug-likeness (QED) is 0.474. The number of hydrogen-bond acceptors (Lipinski definition) is 4. The van der Waals surface area contributed by atoms with Gasteiger partial charge in [-0.2, -0.15) is 0 Å². The van der Waals surface area contributed by atoms with Crippen LogP contribution >= 0.6 is 0 Å². The van der Waals surface area contributed by atoms with Gasteiger partial charge in [0.2, 0.25) is 0 Å². The number of carboxylic acids is 1. The molecule has 2 aromatic heterocycles. The third-order valence-corrected chi connectivity index (χ3v) is 5.06. The standard InChI is InChI=1S/C22H20N2O3.Na/c1-13-5-4-6-17-16(9-10-23-22(13)17)21-14(2)24(12-20(25)26)19-8-7-15(27-3)11-18(19)21;/h4-11H,12H2,1-3H3,(H,25,26);/q;+1/p-1. The van der Waals surface area contributed by atoms with E-state index in [-0.39, 0.29) is 36.1 Å². The number of nitrogens with zero attached hydrogens (tertiary/aromatic N) is 2. The van der Waals surface area contributed by atoms with Crippen LogP contribution in [0.25, 0.3) is 32.9 Å². The fraction of sp³-hybridized carbons (Fsp3) is 0.182. The van der Waals surface area contributed by atoms with Crippen molar-refractivity contribution < 1.29 is 44.2 Å². The number of para-hydroxylation sites is 1. The van der Waals surface area contributed by atoms with E-state index in [1.807, 2.05) is 56.3 Å². The zero-order valence-electron chi connectivity index (χ0n) is 16.4. The topological polar surface area (TPSA) is 67.2 Å². The van der Waals surface area contributed by atoms with E-state index < -0.39 is 5.97 Å². The number of aromatic nitrogens is 2. The number of benzene rings is 2. The summed E-state index contributed by atoms with van der Waals surface area (Å²) in [5, 5.41) is 13.3. The Hall–Kier alpha value is -2.34. The molecule has 0 aliphatic heterocycles. The largest absolute Gasteiger partial charge is 1.00 e. The van der Waals surface area contributed by atoms with E-state index in [9.17, 15) is 9.90 Å². The molecule has 0 bridgehead atoms. The van der Waals surface area contributed by atoms with E-state index in [2.05, 4.69) is 4.98 Å². The number of pyridine rings is 1. The molecule has 4 aromatic rings. The summed E-state index contributed by atoms with van der Waals surface area (Å²) in [6, 6.07) is 13.8. The zero-order valence-corrected chi connectivity index (χ0v) is 18.4. The molecular weight excluding hydrogens is 363 g/mol. The second kappa shape index (κ2) is 7.95. The Labute approximate surface area is 185 Å². The van der Waals surface area contributed by atoms with Crippen LogP contribution in [0.4, 0.5) is 0 Å². The van der Waals surface area contributed by atoms with E-state index in [4.69, 9.17) is 4.74 Å². The summed E-state index contributed by atoms with van der Waals surface area (Å²) in [4.78, 5) is 15.9. The number of ether oxygens (including phenoxy) is 1. The molecule has 0 aliphatic rings. The molecule has 136 valence electrons. The number of carboxylic acid groups (broad SMARTS) is 1. The van der Waals surface area contributed by atoms with Crippen LogP contribution in [-0.2, 0) is 11.3 Å². The van der Waals surface area contributed by atoms with E-state index in [1.54, 1.807) is 17.9 Å². The average Bonchev–Trinajstić information content (AvgIpc) is 2.92. The van der Waals surface area contributed by atoms with E-state index in [0.717, 1.165) is 49.9 Å². The van der Waals surface area contributed by atoms with Crippen molar-refractivity contribution in [1.29, 1.82) is 0 Å². The maximum atomic E-state index is 11.3. The van der Waals surface area contributed by atoms with Crippen molar-refractivity contribution in [2.45, 2.75) is 20.4 Å². The maximum Gasteiger partial charge on any atom is 1.00 e. The molecule has 0 saturated carbocycles. The van der Waals surface area contributed by atoms with Crippen LogP contribution in [0.1, 0.15) is 11.3 Å². The third-order valence-electron chi connectivity index (χ3n) is 5.06. The van der Waals surface area contributed by atoms with Crippen molar-refractivity contribution in [2.75, 3.05) is 7.11 Å². The third kappa shape index (κ3) is 3.30. The molecule has 0 aliphatic carbocycles. The first kappa shape index (κ1) is 20.4. The zero-order chi connectivity index (χ0) is 19.1. The fourth-order valence-corrected chi connectivity index (χ4v) is 3.80. The Kier molecular flexibility index (Phi) is 5.79. The van der Waals surface area contributed by atoms with Crippen LogP contribution in [0.5, 0.6) is 5.75 Å². The molecule has 0 N–H and O–H groups in total. The predicted molar refractivity (Wildman–Crippen MR) is 104 cm³/mol. The minimum absolute atomic E-state index is 0. The van der Waals surface area contributed by atoms with Crippen molar-refractivity contribution >= 4 is 27.8 Å². The van der Waals surface area contributed by atoms with Gasteiger partial charge < -0.3 is 19.2 Å². The van der Waals surface area contributed by atoms with Crippen LogP contribution in [0, 0.1) is 13.8 Å². The number of methoxy groups -OCH3 is 1. The summed E-state index contributed by atoms with van der Waals surface area (Å²) in [5.74, 6) is -0.392. The molecule has 0 radical (unpaired) electrons. The summed E-state index contributed by atoms with van der Waals surface area (Å²) in [7, 11) is 1.62. The van der Waals surface area contributed by atoms with Crippen LogP contribution in [0.15, 0.2) is 48.7 Å². The summed E-state index contributed by atoms with van der Waals surface area (Å²) in [6.45, 7) is 3.78. The molecule has 0 saturated heterocycles. The van der Waals surface area contributed by atoms with Gasteiger partial charge in [0.15, 0.2) is 0 Å². The minimum atomic E-state index is -1.12. The molecule has 0 atom stereocenters. The van der Waals surface area contributed by atoms with Gasteiger partial charge >= 0.3 is 29.6 Å². The number of rotatable bonds is 4. The minimum Gasteiger partial charge on any atom is -0.548 e. The normalized spacial score (nSPS) is 10.8. The molecule has 6 heteroatoms. The molecule has 4 rings (SSSR count). The first-order valence-electron chi connectivity index (χ1n) is 8.72.